The SMILES string of the molecule is CSc1ncc(C(=O)OCCc2ccccc2N)c(=O)[nH]1. The number of hydrogen-bond donors (Lipinski definition) is 2. The molecule has 0 saturated carbocycles. The molecule has 0 unspecified atom stereocenters. The third-order valence-corrected chi connectivity index (χ3v) is 3.44. The summed E-state index contributed by atoms with van der Waals surface area (Å²) in [7, 11) is 0. The Balaban J connectivity index is 1.96. The van der Waals surface area contributed by atoms with E-state index < -0.39 is 11.5 Å². The molecule has 110 valence electrons. The molecule has 7 heteroatoms. The fourth-order valence-electron chi connectivity index (χ4n) is 1.72. The number of benzene rings is 1. The van der Waals surface area contributed by atoms with E-state index in [0.29, 0.717) is 17.3 Å². The Labute approximate surface area is 125 Å². The summed E-state index contributed by atoms with van der Waals surface area (Å²) in [5.41, 5.74) is 6.74. The Bertz CT molecular complexity index is 700. The van der Waals surface area contributed by atoms with Crippen LogP contribution in [0.1, 0.15) is 15.9 Å². The number of nitrogen functional groups attached to an aromatic ring is 1. The number of H-pyrrole nitrogens is 1. The zero-order valence-electron chi connectivity index (χ0n) is 11.5. The number of nitrogens with zero attached hydrogens (tertiary/aromatic N) is 1. The molecule has 0 aliphatic rings. The van der Waals surface area contributed by atoms with Crippen molar-refractivity contribution >= 4 is 23.4 Å². The van der Waals surface area contributed by atoms with Crippen LogP contribution in [0, 0.1) is 0 Å². The van der Waals surface area contributed by atoms with Gasteiger partial charge in [-0.05, 0) is 17.9 Å². The van der Waals surface area contributed by atoms with Gasteiger partial charge in [0.05, 0.1) is 6.61 Å². The summed E-state index contributed by atoms with van der Waals surface area (Å²) >= 11 is 1.29. The first-order valence-corrected chi connectivity index (χ1v) is 7.48. The second-order valence-electron chi connectivity index (χ2n) is 4.22. The lowest BCUT2D eigenvalue weighted by Gasteiger charge is -2.06. The van der Waals surface area contributed by atoms with Crippen LogP contribution in [-0.2, 0) is 11.2 Å². The van der Waals surface area contributed by atoms with Gasteiger partial charge in [-0.1, -0.05) is 30.0 Å². The van der Waals surface area contributed by atoms with Crippen LogP contribution >= 0.6 is 11.8 Å². The molecule has 2 aromatic rings. The fourth-order valence-corrected chi connectivity index (χ4v) is 2.07. The Morgan fingerprint density at radius 3 is 2.86 bits per heavy atom. The monoisotopic (exact) mass is 305 g/mol. The van der Waals surface area contributed by atoms with Gasteiger partial charge in [0.25, 0.3) is 5.56 Å². The highest BCUT2D eigenvalue weighted by Gasteiger charge is 2.13. The molecule has 1 aromatic heterocycles. The topological polar surface area (TPSA) is 98.1 Å². The normalized spacial score (nSPS) is 10.3. The van der Waals surface area contributed by atoms with Gasteiger partial charge in [-0.15, -0.1) is 0 Å². The molecule has 0 radical (unpaired) electrons. The largest absolute Gasteiger partial charge is 0.462 e. The number of hydrogen-bond acceptors (Lipinski definition) is 6. The van der Waals surface area contributed by atoms with E-state index >= 15 is 0 Å². The molecule has 2 rings (SSSR count). The maximum absolute atomic E-state index is 11.8. The van der Waals surface area contributed by atoms with Crippen molar-refractivity contribution in [1.82, 2.24) is 9.97 Å². The van der Waals surface area contributed by atoms with Crippen LogP contribution in [0.3, 0.4) is 0 Å². The van der Waals surface area contributed by atoms with Crippen LogP contribution in [0.15, 0.2) is 40.4 Å². The smallest absolute Gasteiger partial charge is 0.345 e. The van der Waals surface area contributed by atoms with Crippen LogP contribution in [-0.4, -0.2) is 28.8 Å². The quantitative estimate of drug-likeness (QED) is 0.376. The number of nitrogens with one attached hydrogen (secondary N) is 1. The van der Waals surface area contributed by atoms with Gasteiger partial charge in [0.1, 0.15) is 5.56 Å². The van der Waals surface area contributed by atoms with Crippen molar-refractivity contribution in [3.05, 3.63) is 51.9 Å². The number of para-hydroxylation sites is 1. The number of thioether (sulfide) groups is 1. The highest BCUT2D eigenvalue weighted by atomic mass is 32.2. The van der Waals surface area contributed by atoms with Crippen molar-refractivity contribution in [3.8, 4) is 0 Å². The molecular weight excluding hydrogens is 290 g/mol. The zero-order chi connectivity index (χ0) is 15.2. The molecular formula is C14H15N3O3S. The Hall–Kier alpha value is -2.28. The van der Waals surface area contributed by atoms with E-state index in [-0.39, 0.29) is 12.2 Å². The molecule has 0 amide bonds. The minimum Gasteiger partial charge on any atom is -0.462 e. The standard InChI is InChI=1S/C14H15N3O3S/c1-21-14-16-8-10(12(18)17-14)13(19)20-7-6-9-4-2-3-5-11(9)15/h2-5,8H,6-7,15H2,1H3,(H,16,17,18). The number of esters is 1. The minimum absolute atomic E-state index is 0.103. The van der Waals surface area contributed by atoms with Gasteiger partial charge < -0.3 is 15.5 Å². The number of aromatic amines is 1. The van der Waals surface area contributed by atoms with E-state index in [2.05, 4.69) is 9.97 Å². The predicted molar refractivity (Wildman–Crippen MR) is 81.5 cm³/mol. The van der Waals surface area contributed by atoms with E-state index in [1.54, 1.807) is 12.3 Å². The van der Waals surface area contributed by atoms with Crippen molar-refractivity contribution in [3.63, 3.8) is 0 Å². The third-order valence-electron chi connectivity index (χ3n) is 2.85. The molecule has 3 N–H and O–H groups in total. The van der Waals surface area contributed by atoms with Gasteiger partial charge in [-0.2, -0.15) is 0 Å². The van der Waals surface area contributed by atoms with Gasteiger partial charge in [0.15, 0.2) is 5.16 Å². The van der Waals surface area contributed by atoms with Crippen LogP contribution in [0.2, 0.25) is 0 Å². The van der Waals surface area contributed by atoms with E-state index in [4.69, 9.17) is 10.5 Å². The second-order valence-corrected chi connectivity index (χ2v) is 5.01. The summed E-state index contributed by atoms with van der Waals surface area (Å²) in [5.74, 6) is -0.689. The number of carbonyl (C=O) groups is 1. The molecule has 1 aromatic carbocycles. The van der Waals surface area contributed by atoms with Crippen LogP contribution in [0.4, 0.5) is 5.69 Å². The second kappa shape index (κ2) is 6.94. The maximum Gasteiger partial charge on any atom is 0.345 e. The number of anilines is 1. The van der Waals surface area contributed by atoms with Crippen molar-refractivity contribution in [2.24, 2.45) is 0 Å². The van der Waals surface area contributed by atoms with E-state index in [9.17, 15) is 9.59 Å². The van der Waals surface area contributed by atoms with Gasteiger partial charge in [-0.25, -0.2) is 9.78 Å². The number of nitrogens with two attached hydrogens (primary N) is 1. The minimum atomic E-state index is -0.689. The number of rotatable bonds is 5. The molecule has 0 spiro atoms. The molecule has 0 saturated heterocycles. The molecule has 21 heavy (non-hydrogen) atoms. The number of ether oxygens (including phenoxy) is 1. The van der Waals surface area contributed by atoms with Crippen LogP contribution < -0.4 is 11.3 Å². The summed E-state index contributed by atoms with van der Waals surface area (Å²) in [6.07, 6.45) is 3.50. The first kappa shape index (κ1) is 15.1. The third kappa shape index (κ3) is 3.85. The molecule has 0 bridgehead atoms. The van der Waals surface area contributed by atoms with Crippen molar-refractivity contribution in [2.45, 2.75) is 11.6 Å². The van der Waals surface area contributed by atoms with Gasteiger partial charge in [0, 0.05) is 18.3 Å². The summed E-state index contributed by atoms with van der Waals surface area (Å²) < 4.78 is 5.08. The average molecular weight is 305 g/mol. The summed E-state index contributed by atoms with van der Waals surface area (Å²) in [4.78, 5) is 30.0. The molecule has 0 aliphatic heterocycles. The van der Waals surface area contributed by atoms with E-state index in [1.165, 1.54) is 18.0 Å². The van der Waals surface area contributed by atoms with Gasteiger partial charge in [0.2, 0.25) is 0 Å². The Morgan fingerprint density at radius 1 is 1.43 bits per heavy atom. The molecule has 1 heterocycles. The lowest BCUT2D eigenvalue weighted by molar-refractivity contribution is 0.0506. The summed E-state index contributed by atoms with van der Waals surface area (Å²) in [6, 6.07) is 7.35. The zero-order valence-corrected chi connectivity index (χ0v) is 12.3. The Kier molecular flexibility index (Phi) is 4.99. The van der Waals surface area contributed by atoms with Crippen molar-refractivity contribution in [1.29, 1.82) is 0 Å². The molecule has 0 aliphatic carbocycles. The first-order chi connectivity index (χ1) is 10.1. The average Bonchev–Trinajstić information content (AvgIpc) is 2.48. The molecule has 0 atom stereocenters. The summed E-state index contributed by atoms with van der Waals surface area (Å²) in [6.45, 7) is 0.150. The van der Waals surface area contributed by atoms with E-state index in [0.717, 1.165) is 5.56 Å². The highest BCUT2D eigenvalue weighted by Crippen LogP contribution is 2.11. The highest BCUT2D eigenvalue weighted by molar-refractivity contribution is 7.98. The number of aromatic nitrogens is 2. The maximum atomic E-state index is 11.8. The lowest BCUT2D eigenvalue weighted by atomic mass is 10.1. The number of carbonyl (C=O) groups excluding carboxylic acids is 1. The predicted octanol–water partition coefficient (Wildman–Crippen LogP) is 1.47. The van der Waals surface area contributed by atoms with Crippen molar-refractivity contribution in [2.75, 3.05) is 18.6 Å². The fraction of sp³-hybridized carbons (Fsp3) is 0.214. The summed E-state index contributed by atoms with van der Waals surface area (Å²) in [5, 5.41) is 0.452. The molecule has 0 fully saturated rings. The van der Waals surface area contributed by atoms with Gasteiger partial charge in [-0.3, -0.25) is 4.79 Å². The lowest BCUT2D eigenvalue weighted by Crippen LogP contribution is -2.21. The van der Waals surface area contributed by atoms with Crippen LogP contribution in [0.25, 0.3) is 0 Å². The van der Waals surface area contributed by atoms with Crippen LogP contribution in [0.5, 0.6) is 0 Å². The molecule has 6 nitrogen and oxygen atoms in total. The first-order valence-electron chi connectivity index (χ1n) is 6.25. The van der Waals surface area contributed by atoms with E-state index in [1.807, 2.05) is 18.2 Å². The Morgan fingerprint density at radius 2 is 2.19 bits per heavy atom. The van der Waals surface area contributed by atoms with Gasteiger partial charge >= 0.3 is 5.97 Å². The van der Waals surface area contributed by atoms with Crippen molar-refractivity contribution < 1.29 is 9.53 Å².